The maximum absolute atomic E-state index is 12.4. The van der Waals surface area contributed by atoms with Crippen molar-refractivity contribution in [3.8, 4) is 5.75 Å². The summed E-state index contributed by atoms with van der Waals surface area (Å²) in [6.45, 7) is 1.96. The molecule has 2 aromatic carbocycles. The predicted molar refractivity (Wildman–Crippen MR) is 95.9 cm³/mol. The van der Waals surface area contributed by atoms with E-state index in [9.17, 15) is 8.42 Å². The molecule has 1 N–H and O–H groups in total. The van der Waals surface area contributed by atoms with Crippen molar-refractivity contribution in [2.75, 3.05) is 7.11 Å². The molecule has 0 aromatic heterocycles. The van der Waals surface area contributed by atoms with Gasteiger partial charge in [-0.2, -0.15) is 0 Å². The van der Waals surface area contributed by atoms with E-state index in [1.54, 1.807) is 19.2 Å². The molecule has 0 aliphatic heterocycles. The zero-order chi connectivity index (χ0) is 16.9. The van der Waals surface area contributed by atoms with E-state index < -0.39 is 10.0 Å². The Morgan fingerprint density at radius 1 is 1.09 bits per heavy atom. The van der Waals surface area contributed by atoms with Gasteiger partial charge in [-0.25, -0.2) is 13.1 Å². The molecular weight excluding hydrogens is 378 g/mol. The van der Waals surface area contributed by atoms with E-state index in [-0.39, 0.29) is 11.8 Å². The summed E-state index contributed by atoms with van der Waals surface area (Å²) in [5.41, 5.74) is 1.68. The number of nitrogens with one attached hydrogen (secondary N) is 1. The molecule has 2 aromatic rings. The van der Waals surface area contributed by atoms with Gasteiger partial charge in [-0.15, -0.1) is 0 Å². The molecule has 2 rings (SSSR count). The van der Waals surface area contributed by atoms with Crippen LogP contribution in [0.2, 0.25) is 0 Å². The van der Waals surface area contributed by atoms with Crippen molar-refractivity contribution in [1.82, 2.24) is 4.72 Å². The normalized spacial score (nSPS) is 12.8. The zero-order valence-electron chi connectivity index (χ0n) is 13.1. The van der Waals surface area contributed by atoms with Crippen LogP contribution in [-0.4, -0.2) is 15.5 Å². The number of methoxy groups -OCH3 is 1. The van der Waals surface area contributed by atoms with Crippen molar-refractivity contribution >= 4 is 26.0 Å². The first-order valence-corrected chi connectivity index (χ1v) is 9.76. The number of sulfonamides is 1. The molecule has 124 valence electrons. The van der Waals surface area contributed by atoms with E-state index in [1.165, 1.54) is 0 Å². The molecule has 0 unspecified atom stereocenters. The SMILES string of the molecule is CC[C@@H](NS(=O)(=O)Cc1ccc(Br)cc1)c1ccc(OC)cc1. The highest BCUT2D eigenvalue weighted by atomic mass is 79.9. The summed E-state index contributed by atoms with van der Waals surface area (Å²) in [6.07, 6.45) is 0.673. The Morgan fingerprint density at radius 3 is 2.22 bits per heavy atom. The lowest BCUT2D eigenvalue weighted by Crippen LogP contribution is -2.29. The van der Waals surface area contributed by atoms with E-state index in [1.807, 2.05) is 43.3 Å². The van der Waals surface area contributed by atoms with Crippen LogP contribution in [0.5, 0.6) is 5.75 Å². The minimum atomic E-state index is -3.42. The number of hydrogen-bond acceptors (Lipinski definition) is 3. The third-order valence-electron chi connectivity index (χ3n) is 3.52. The summed E-state index contributed by atoms with van der Waals surface area (Å²) < 4.78 is 33.6. The molecule has 0 heterocycles. The number of rotatable bonds is 7. The lowest BCUT2D eigenvalue weighted by atomic mass is 10.1. The van der Waals surface area contributed by atoms with Crippen LogP contribution in [-0.2, 0) is 15.8 Å². The molecule has 0 radical (unpaired) electrons. The minimum absolute atomic E-state index is 0.0348. The fraction of sp³-hybridized carbons (Fsp3) is 0.294. The molecule has 6 heteroatoms. The smallest absolute Gasteiger partial charge is 0.216 e. The van der Waals surface area contributed by atoms with Gasteiger partial charge < -0.3 is 4.74 Å². The van der Waals surface area contributed by atoms with Gasteiger partial charge in [-0.1, -0.05) is 47.1 Å². The quantitative estimate of drug-likeness (QED) is 0.766. The van der Waals surface area contributed by atoms with Crippen molar-refractivity contribution < 1.29 is 13.2 Å². The van der Waals surface area contributed by atoms with Gasteiger partial charge in [-0.3, -0.25) is 0 Å². The van der Waals surface area contributed by atoms with E-state index >= 15 is 0 Å². The van der Waals surface area contributed by atoms with E-state index in [4.69, 9.17) is 4.74 Å². The first-order chi connectivity index (χ1) is 10.9. The number of hydrogen-bond donors (Lipinski definition) is 1. The van der Waals surface area contributed by atoms with Crippen LogP contribution in [0.25, 0.3) is 0 Å². The Labute approximate surface area is 146 Å². The Hall–Kier alpha value is -1.37. The minimum Gasteiger partial charge on any atom is -0.497 e. The molecule has 0 bridgehead atoms. The summed E-state index contributed by atoms with van der Waals surface area (Å²) in [4.78, 5) is 0. The van der Waals surface area contributed by atoms with E-state index in [0.717, 1.165) is 21.3 Å². The number of benzene rings is 2. The van der Waals surface area contributed by atoms with Crippen LogP contribution in [0.15, 0.2) is 53.0 Å². The Balaban J connectivity index is 2.10. The fourth-order valence-corrected chi connectivity index (χ4v) is 4.00. The monoisotopic (exact) mass is 397 g/mol. The van der Waals surface area contributed by atoms with Gasteiger partial charge in [0.25, 0.3) is 0 Å². The molecule has 4 nitrogen and oxygen atoms in total. The van der Waals surface area contributed by atoms with Crippen LogP contribution in [0.1, 0.15) is 30.5 Å². The molecule has 1 atom stereocenters. The van der Waals surface area contributed by atoms with Gasteiger partial charge in [0, 0.05) is 10.5 Å². The first kappa shape index (κ1) is 18.0. The fourth-order valence-electron chi connectivity index (χ4n) is 2.28. The Morgan fingerprint density at radius 2 is 1.70 bits per heavy atom. The average Bonchev–Trinajstić information content (AvgIpc) is 2.55. The van der Waals surface area contributed by atoms with Crippen LogP contribution < -0.4 is 9.46 Å². The van der Waals surface area contributed by atoms with E-state index in [0.29, 0.717) is 6.42 Å². The molecule has 23 heavy (non-hydrogen) atoms. The zero-order valence-corrected chi connectivity index (χ0v) is 15.5. The Bertz CT molecular complexity index is 727. The van der Waals surface area contributed by atoms with Gasteiger partial charge in [0.15, 0.2) is 0 Å². The van der Waals surface area contributed by atoms with Crippen molar-refractivity contribution in [3.63, 3.8) is 0 Å². The highest BCUT2D eigenvalue weighted by Crippen LogP contribution is 2.22. The van der Waals surface area contributed by atoms with Crippen LogP contribution in [0.4, 0.5) is 0 Å². The standard InChI is InChI=1S/C17H20BrNO3S/c1-3-17(14-6-10-16(22-2)11-7-14)19-23(20,21)12-13-4-8-15(18)9-5-13/h4-11,17,19H,3,12H2,1-2H3/t17-/m1/s1. The Kier molecular flexibility index (Phi) is 6.21. The molecule has 0 saturated carbocycles. The molecule has 0 fully saturated rings. The van der Waals surface area contributed by atoms with Gasteiger partial charge in [0.05, 0.1) is 12.9 Å². The second kappa shape index (κ2) is 7.95. The topological polar surface area (TPSA) is 55.4 Å². The van der Waals surface area contributed by atoms with Crippen LogP contribution >= 0.6 is 15.9 Å². The first-order valence-electron chi connectivity index (χ1n) is 7.32. The molecule has 0 spiro atoms. The summed E-state index contributed by atoms with van der Waals surface area (Å²) in [5.74, 6) is 0.716. The number of halogens is 1. The molecule has 0 aliphatic rings. The van der Waals surface area contributed by atoms with Gasteiger partial charge >= 0.3 is 0 Å². The predicted octanol–water partition coefficient (Wildman–Crippen LogP) is 4.03. The second-order valence-electron chi connectivity index (χ2n) is 5.24. The van der Waals surface area contributed by atoms with Crippen LogP contribution in [0.3, 0.4) is 0 Å². The molecular formula is C17H20BrNO3S. The van der Waals surface area contributed by atoms with Gasteiger partial charge in [0.2, 0.25) is 10.0 Å². The van der Waals surface area contributed by atoms with Gasteiger partial charge in [0.1, 0.15) is 5.75 Å². The van der Waals surface area contributed by atoms with Crippen molar-refractivity contribution in [2.45, 2.75) is 25.1 Å². The third kappa shape index (κ3) is 5.34. The summed E-state index contributed by atoms with van der Waals surface area (Å²) in [5, 5.41) is 0. The largest absolute Gasteiger partial charge is 0.497 e. The third-order valence-corrected chi connectivity index (χ3v) is 5.40. The highest BCUT2D eigenvalue weighted by Gasteiger charge is 2.18. The summed E-state index contributed by atoms with van der Waals surface area (Å²) >= 11 is 3.34. The second-order valence-corrected chi connectivity index (χ2v) is 7.91. The van der Waals surface area contributed by atoms with Crippen molar-refractivity contribution in [2.24, 2.45) is 0 Å². The van der Waals surface area contributed by atoms with Crippen LogP contribution in [0, 0.1) is 0 Å². The summed E-state index contributed by atoms with van der Waals surface area (Å²) in [6, 6.07) is 14.5. The molecule has 0 aliphatic carbocycles. The van der Waals surface area contributed by atoms with Gasteiger partial charge in [-0.05, 0) is 41.8 Å². The van der Waals surface area contributed by atoms with E-state index in [2.05, 4.69) is 20.7 Å². The van der Waals surface area contributed by atoms with Crippen molar-refractivity contribution in [1.29, 1.82) is 0 Å². The molecule has 0 amide bonds. The highest BCUT2D eigenvalue weighted by molar-refractivity contribution is 9.10. The lowest BCUT2D eigenvalue weighted by Gasteiger charge is -2.18. The summed E-state index contributed by atoms with van der Waals surface area (Å²) in [7, 11) is -1.81. The maximum atomic E-state index is 12.4. The van der Waals surface area contributed by atoms with Crippen molar-refractivity contribution in [3.05, 3.63) is 64.1 Å². The lowest BCUT2D eigenvalue weighted by molar-refractivity contribution is 0.414. The molecule has 0 saturated heterocycles. The maximum Gasteiger partial charge on any atom is 0.216 e. The number of ether oxygens (including phenoxy) is 1. The average molecular weight is 398 g/mol.